The van der Waals surface area contributed by atoms with E-state index in [4.69, 9.17) is 11.0 Å². The van der Waals surface area contributed by atoms with Crippen molar-refractivity contribution in [2.45, 2.75) is 6.42 Å². The van der Waals surface area contributed by atoms with Gasteiger partial charge in [0.25, 0.3) is 0 Å². The van der Waals surface area contributed by atoms with Crippen LogP contribution in [0.15, 0.2) is 12.1 Å². The number of hydrogen-bond acceptors (Lipinski definition) is 5. The summed E-state index contributed by atoms with van der Waals surface area (Å²) < 4.78 is 4.56. The largest absolute Gasteiger partial charge is 0.465 e. The highest BCUT2D eigenvalue weighted by Crippen LogP contribution is 2.07. The van der Waals surface area contributed by atoms with Crippen LogP contribution < -0.4 is 5.73 Å². The van der Waals surface area contributed by atoms with Crippen molar-refractivity contribution < 1.29 is 9.53 Å². The van der Waals surface area contributed by atoms with Gasteiger partial charge in [0.2, 0.25) is 0 Å². The van der Waals surface area contributed by atoms with E-state index in [2.05, 4.69) is 9.72 Å². The van der Waals surface area contributed by atoms with Gasteiger partial charge in [-0.05, 0) is 18.7 Å². The van der Waals surface area contributed by atoms with Gasteiger partial charge in [0, 0.05) is 12.1 Å². The molecule has 5 nitrogen and oxygen atoms in total. The fraction of sp³-hybridized carbons (Fsp3) is 0.300. The number of carbonyl (C=O) groups excluding carboxylic acids is 1. The molecule has 0 saturated carbocycles. The molecule has 1 rings (SSSR count). The summed E-state index contributed by atoms with van der Waals surface area (Å²) in [6.07, 6.45) is 0.527. The average molecular weight is 205 g/mol. The van der Waals surface area contributed by atoms with Gasteiger partial charge in [-0.1, -0.05) is 0 Å². The highest BCUT2D eigenvalue weighted by atomic mass is 16.5. The molecule has 78 valence electrons. The molecule has 0 aliphatic carbocycles. The van der Waals surface area contributed by atoms with Gasteiger partial charge in [-0.2, -0.15) is 5.26 Å². The maximum Gasteiger partial charge on any atom is 0.338 e. The van der Waals surface area contributed by atoms with Gasteiger partial charge in [0.15, 0.2) is 0 Å². The number of nitrogens with zero attached hydrogens (tertiary/aromatic N) is 2. The third-order valence-electron chi connectivity index (χ3n) is 1.81. The van der Waals surface area contributed by atoms with Gasteiger partial charge in [-0.3, -0.25) is 0 Å². The van der Waals surface area contributed by atoms with Crippen LogP contribution in [0, 0.1) is 11.3 Å². The summed E-state index contributed by atoms with van der Waals surface area (Å²) in [7, 11) is 1.29. The first-order chi connectivity index (χ1) is 7.21. The second kappa shape index (κ2) is 5.08. The Morgan fingerprint density at radius 3 is 2.93 bits per heavy atom. The lowest BCUT2D eigenvalue weighted by molar-refractivity contribution is 0.0600. The molecule has 0 bridgehead atoms. The Hall–Kier alpha value is -1.93. The molecule has 0 saturated heterocycles. The van der Waals surface area contributed by atoms with E-state index >= 15 is 0 Å². The third kappa shape index (κ3) is 2.76. The standard InChI is InChI=1S/C10H11N3O2/c1-15-10(14)7-4-8(2-3-11)13-9(5-7)6-12/h4-5H,2-3,11H2,1H3. The summed E-state index contributed by atoms with van der Waals surface area (Å²) in [6.45, 7) is 0.419. The Morgan fingerprint density at radius 2 is 2.40 bits per heavy atom. The first-order valence-corrected chi connectivity index (χ1v) is 4.40. The lowest BCUT2D eigenvalue weighted by Gasteiger charge is -2.03. The molecular weight excluding hydrogens is 194 g/mol. The lowest BCUT2D eigenvalue weighted by atomic mass is 10.1. The van der Waals surface area contributed by atoms with Crippen molar-refractivity contribution in [1.29, 1.82) is 5.26 Å². The Bertz CT molecular complexity index is 410. The summed E-state index contributed by atoms with van der Waals surface area (Å²) in [5.74, 6) is -0.479. The number of rotatable bonds is 3. The summed E-state index contributed by atoms with van der Waals surface area (Å²) >= 11 is 0. The molecule has 2 N–H and O–H groups in total. The maximum atomic E-state index is 11.2. The van der Waals surface area contributed by atoms with E-state index in [0.29, 0.717) is 24.2 Å². The lowest BCUT2D eigenvalue weighted by Crippen LogP contribution is -2.08. The molecule has 1 aromatic rings. The van der Waals surface area contributed by atoms with E-state index in [0.717, 1.165) is 0 Å². The first-order valence-electron chi connectivity index (χ1n) is 4.40. The zero-order valence-electron chi connectivity index (χ0n) is 8.36. The van der Waals surface area contributed by atoms with Crippen molar-refractivity contribution in [3.63, 3.8) is 0 Å². The Labute approximate surface area is 87.5 Å². The van der Waals surface area contributed by atoms with Crippen LogP contribution in [0.25, 0.3) is 0 Å². The van der Waals surface area contributed by atoms with Gasteiger partial charge >= 0.3 is 5.97 Å². The number of esters is 1. The van der Waals surface area contributed by atoms with Crippen LogP contribution in [0.2, 0.25) is 0 Å². The van der Waals surface area contributed by atoms with Crippen LogP contribution in [-0.2, 0) is 11.2 Å². The predicted molar refractivity (Wildman–Crippen MR) is 53.0 cm³/mol. The van der Waals surface area contributed by atoms with Gasteiger partial charge in [0.1, 0.15) is 11.8 Å². The van der Waals surface area contributed by atoms with Crippen LogP contribution >= 0.6 is 0 Å². The molecule has 5 heteroatoms. The van der Waals surface area contributed by atoms with Gasteiger partial charge in [-0.15, -0.1) is 0 Å². The molecule has 0 aromatic carbocycles. The fourth-order valence-corrected chi connectivity index (χ4v) is 1.16. The van der Waals surface area contributed by atoms with E-state index in [9.17, 15) is 4.79 Å². The smallest absolute Gasteiger partial charge is 0.338 e. The number of nitriles is 1. The van der Waals surface area contributed by atoms with Crippen LogP contribution in [0.4, 0.5) is 0 Å². The number of aromatic nitrogens is 1. The van der Waals surface area contributed by atoms with E-state index in [1.165, 1.54) is 13.2 Å². The molecule has 0 radical (unpaired) electrons. The SMILES string of the molecule is COC(=O)c1cc(C#N)nc(CCN)c1. The second-order valence-electron chi connectivity index (χ2n) is 2.87. The van der Waals surface area contributed by atoms with Gasteiger partial charge < -0.3 is 10.5 Å². The second-order valence-corrected chi connectivity index (χ2v) is 2.87. The number of pyridine rings is 1. The zero-order chi connectivity index (χ0) is 11.3. The molecule has 0 spiro atoms. The fourth-order valence-electron chi connectivity index (χ4n) is 1.16. The third-order valence-corrected chi connectivity index (χ3v) is 1.81. The molecular formula is C10H11N3O2. The number of hydrogen-bond donors (Lipinski definition) is 1. The molecule has 0 unspecified atom stereocenters. The van der Waals surface area contributed by atoms with Crippen molar-refractivity contribution in [3.8, 4) is 6.07 Å². The maximum absolute atomic E-state index is 11.2. The highest BCUT2D eigenvalue weighted by Gasteiger charge is 2.09. The van der Waals surface area contributed by atoms with E-state index < -0.39 is 5.97 Å². The molecule has 0 aliphatic heterocycles. The summed E-state index contributed by atoms with van der Waals surface area (Å²) in [5, 5.41) is 8.71. The zero-order valence-corrected chi connectivity index (χ0v) is 8.36. The average Bonchev–Trinajstić information content (AvgIpc) is 2.28. The number of methoxy groups -OCH3 is 1. The van der Waals surface area contributed by atoms with E-state index in [-0.39, 0.29) is 5.69 Å². The molecule has 1 aromatic heterocycles. The molecule has 0 atom stereocenters. The van der Waals surface area contributed by atoms with Crippen molar-refractivity contribution in [2.24, 2.45) is 5.73 Å². The molecule has 1 heterocycles. The van der Waals surface area contributed by atoms with Crippen LogP contribution in [0.3, 0.4) is 0 Å². The van der Waals surface area contributed by atoms with Crippen molar-refractivity contribution in [3.05, 3.63) is 29.1 Å². The van der Waals surface area contributed by atoms with E-state index in [1.807, 2.05) is 6.07 Å². The Morgan fingerprint density at radius 1 is 1.67 bits per heavy atom. The van der Waals surface area contributed by atoms with Crippen LogP contribution in [0.5, 0.6) is 0 Å². The van der Waals surface area contributed by atoms with Crippen molar-refractivity contribution in [2.75, 3.05) is 13.7 Å². The summed E-state index contributed by atoms with van der Waals surface area (Å²) in [5.41, 5.74) is 6.52. The minimum Gasteiger partial charge on any atom is -0.465 e. The molecule has 15 heavy (non-hydrogen) atoms. The monoisotopic (exact) mass is 205 g/mol. The van der Waals surface area contributed by atoms with Crippen molar-refractivity contribution >= 4 is 5.97 Å². The number of carbonyl (C=O) groups is 1. The number of ether oxygens (including phenoxy) is 1. The normalized spacial score (nSPS) is 9.40. The first kappa shape index (κ1) is 11.1. The van der Waals surface area contributed by atoms with Gasteiger partial charge in [-0.25, -0.2) is 9.78 Å². The molecule has 0 aliphatic rings. The van der Waals surface area contributed by atoms with E-state index in [1.54, 1.807) is 6.07 Å². The molecule has 0 fully saturated rings. The topological polar surface area (TPSA) is 89.0 Å². The minimum absolute atomic E-state index is 0.196. The minimum atomic E-state index is -0.479. The Kier molecular flexibility index (Phi) is 3.77. The highest BCUT2D eigenvalue weighted by molar-refractivity contribution is 5.89. The predicted octanol–water partition coefficient (Wildman–Crippen LogP) is 0.241. The van der Waals surface area contributed by atoms with Crippen molar-refractivity contribution in [1.82, 2.24) is 4.98 Å². The quantitative estimate of drug-likeness (QED) is 0.714. The number of nitrogens with two attached hydrogens (primary N) is 1. The summed E-state index contributed by atoms with van der Waals surface area (Å²) in [6, 6.07) is 4.86. The Balaban J connectivity index is 3.12. The van der Waals surface area contributed by atoms with Crippen LogP contribution in [0.1, 0.15) is 21.7 Å². The van der Waals surface area contributed by atoms with Gasteiger partial charge in [0.05, 0.1) is 12.7 Å². The van der Waals surface area contributed by atoms with Crippen LogP contribution in [-0.4, -0.2) is 24.6 Å². The summed E-state index contributed by atoms with van der Waals surface area (Å²) in [4.78, 5) is 15.3. The molecule has 0 amide bonds.